The number of benzene rings is 2. The minimum Gasteiger partial charge on any atom is -0.345 e. The molecular weight excluding hydrogens is 288 g/mol. The molecule has 0 unspecified atom stereocenters. The summed E-state index contributed by atoms with van der Waals surface area (Å²) in [6.07, 6.45) is 3.19. The summed E-state index contributed by atoms with van der Waals surface area (Å²) in [4.78, 5) is 25.2. The van der Waals surface area contributed by atoms with Crippen molar-refractivity contribution in [1.29, 1.82) is 0 Å². The van der Waals surface area contributed by atoms with Gasteiger partial charge in [0.25, 0.3) is 5.91 Å². The number of carbonyl (C=O) groups excluding carboxylic acids is 2. The third kappa shape index (κ3) is 4.81. The lowest BCUT2D eigenvalue weighted by atomic mass is 10.1. The highest BCUT2D eigenvalue weighted by Gasteiger charge is 2.06. The van der Waals surface area contributed by atoms with Crippen molar-refractivity contribution in [3.63, 3.8) is 0 Å². The quantitative estimate of drug-likeness (QED) is 0.881. The van der Waals surface area contributed by atoms with Crippen molar-refractivity contribution in [1.82, 2.24) is 4.90 Å². The first kappa shape index (κ1) is 16.5. The van der Waals surface area contributed by atoms with E-state index in [1.807, 2.05) is 43.3 Å². The molecule has 2 aromatic carbocycles. The van der Waals surface area contributed by atoms with Gasteiger partial charge >= 0.3 is 0 Å². The van der Waals surface area contributed by atoms with E-state index in [0.29, 0.717) is 5.56 Å². The number of amides is 2. The molecule has 4 nitrogen and oxygen atoms in total. The Morgan fingerprint density at radius 3 is 2.13 bits per heavy atom. The molecule has 4 heteroatoms. The van der Waals surface area contributed by atoms with E-state index in [2.05, 4.69) is 5.32 Å². The van der Waals surface area contributed by atoms with Crippen LogP contribution in [-0.4, -0.2) is 30.8 Å². The molecule has 0 spiro atoms. The first-order valence-corrected chi connectivity index (χ1v) is 7.33. The summed E-state index contributed by atoms with van der Waals surface area (Å²) >= 11 is 0. The van der Waals surface area contributed by atoms with E-state index >= 15 is 0 Å². The van der Waals surface area contributed by atoms with Crippen LogP contribution >= 0.6 is 0 Å². The lowest BCUT2D eigenvalue weighted by Gasteiger charge is -2.09. The summed E-state index contributed by atoms with van der Waals surface area (Å²) in [7, 11) is 3.43. The van der Waals surface area contributed by atoms with Crippen molar-refractivity contribution in [2.75, 3.05) is 19.4 Å². The molecule has 0 radical (unpaired) electrons. The van der Waals surface area contributed by atoms with Crippen molar-refractivity contribution >= 4 is 23.6 Å². The van der Waals surface area contributed by atoms with Crippen LogP contribution in [0.2, 0.25) is 0 Å². The van der Waals surface area contributed by atoms with Crippen LogP contribution in [0, 0.1) is 6.92 Å². The number of nitrogens with one attached hydrogen (secondary N) is 1. The molecule has 118 valence electrons. The van der Waals surface area contributed by atoms with E-state index in [-0.39, 0.29) is 11.8 Å². The average molecular weight is 308 g/mol. The van der Waals surface area contributed by atoms with Crippen LogP contribution in [0.5, 0.6) is 0 Å². The molecule has 0 aliphatic carbocycles. The SMILES string of the molecule is Cc1ccc(NC(=O)/C=C/c2ccc(C(=O)N(C)C)cc2)cc1. The van der Waals surface area contributed by atoms with Crippen molar-refractivity contribution in [2.24, 2.45) is 0 Å². The summed E-state index contributed by atoms with van der Waals surface area (Å²) in [6, 6.07) is 14.7. The zero-order chi connectivity index (χ0) is 16.8. The zero-order valence-electron chi connectivity index (χ0n) is 13.5. The molecule has 2 rings (SSSR count). The Kier molecular flexibility index (Phi) is 5.31. The number of hydrogen-bond donors (Lipinski definition) is 1. The van der Waals surface area contributed by atoms with Crippen molar-refractivity contribution in [3.8, 4) is 0 Å². The van der Waals surface area contributed by atoms with Gasteiger partial charge in [-0.15, -0.1) is 0 Å². The van der Waals surface area contributed by atoms with Gasteiger partial charge < -0.3 is 10.2 Å². The molecule has 0 heterocycles. The maximum absolute atomic E-state index is 11.9. The van der Waals surface area contributed by atoms with Gasteiger partial charge in [0.05, 0.1) is 0 Å². The second kappa shape index (κ2) is 7.40. The molecule has 2 aromatic rings. The maximum atomic E-state index is 11.9. The predicted octanol–water partition coefficient (Wildman–Crippen LogP) is 3.35. The van der Waals surface area contributed by atoms with E-state index < -0.39 is 0 Å². The molecular formula is C19H20N2O2. The minimum absolute atomic E-state index is 0.0438. The van der Waals surface area contributed by atoms with E-state index in [0.717, 1.165) is 16.8 Å². The van der Waals surface area contributed by atoms with Crippen LogP contribution in [0.3, 0.4) is 0 Å². The average Bonchev–Trinajstić information content (AvgIpc) is 2.55. The standard InChI is InChI=1S/C19H20N2O2/c1-14-4-11-17(12-5-14)20-18(22)13-8-15-6-9-16(10-7-15)19(23)21(2)3/h4-13H,1-3H3,(H,20,22)/b13-8+. The molecule has 0 aliphatic heterocycles. The van der Waals surface area contributed by atoms with Crippen LogP contribution < -0.4 is 5.32 Å². The van der Waals surface area contributed by atoms with E-state index in [1.165, 1.54) is 11.0 Å². The lowest BCUT2D eigenvalue weighted by molar-refractivity contribution is -0.111. The van der Waals surface area contributed by atoms with E-state index in [1.54, 1.807) is 32.3 Å². The molecule has 23 heavy (non-hydrogen) atoms. The topological polar surface area (TPSA) is 49.4 Å². The van der Waals surface area contributed by atoms with Crippen LogP contribution in [0.15, 0.2) is 54.6 Å². The third-order valence-electron chi connectivity index (χ3n) is 3.31. The van der Waals surface area contributed by atoms with Gasteiger partial charge in [-0.3, -0.25) is 9.59 Å². The number of hydrogen-bond acceptors (Lipinski definition) is 2. The summed E-state index contributed by atoms with van der Waals surface area (Å²) < 4.78 is 0. The normalized spacial score (nSPS) is 10.6. The Labute approximate surface area is 136 Å². The van der Waals surface area contributed by atoms with Gasteiger partial charge in [0.15, 0.2) is 0 Å². The molecule has 1 N–H and O–H groups in total. The smallest absolute Gasteiger partial charge is 0.253 e. The van der Waals surface area contributed by atoms with Crippen molar-refractivity contribution in [3.05, 3.63) is 71.3 Å². The van der Waals surface area contributed by atoms with Crippen molar-refractivity contribution < 1.29 is 9.59 Å². The highest BCUT2D eigenvalue weighted by molar-refractivity contribution is 6.02. The number of nitrogens with zero attached hydrogens (tertiary/aromatic N) is 1. The Hall–Kier alpha value is -2.88. The number of rotatable bonds is 4. The zero-order valence-corrected chi connectivity index (χ0v) is 13.5. The Bertz CT molecular complexity index is 714. The first-order chi connectivity index (χ1) is 11.0. The minimum atomic E-state index is -0.192. The number of aryl methyl sites for hydroxylation is 1. The second-order valence-electron chi connectivity index (χ2n) is 5.51. The monoisotopic (exact) mass is 308 g/mol. The fraction of sp³-hybridized carbons (Fsp3) is 0.158. The molecule has 0 bridgehead atoms. The third-order valence-corrected chi connectivity index (χ3v) is 3.31. The Morgan fingerprint density at radius 2 is 1.57 bits per heavy atom. The molecule has 0 saturated carbocycles. The van der Waals surface area contributed by atoms with Crippen LogP contribution in [0.25, 0.3) is 6.08 Å². The molecule has 0 aliphatic rings. The summed E-state index contributed by atoms with van der Waals surface area (Å²) in [5.41, 5.74) is 3.39. The van der Waals surface area contributed by atoms with Gasteiger partial charge in [-0.05, 0) is 42.8 Å². The molecule has 0 saturated heterocycles. The summed E-state index contributed by atoms with van der Waals surface area (Å²) in [5, 5.41) is 2.80. The number of anilines is 1. The highest BCUT2D eigenvalue weighted by atomic mass is 16.2. The fourth-order valence-corrected chi connectivity index (χ4v) is 1.99. The molecule has 2 amide bonds. The molecule has 0 atom stereocenters. The van der Waals surface area contributed by atoms with Gasteiger partial charge in [0, 0.05) is 31.4 Å². The largest absolute Gasteiger partial charge is 0.345 e. The van der Waals surface area contributed by atoms with Gasteiger partial charge in [-0.2, -0.15) is 0 Å². The van der Waals surface area contributed by atoms with Crippen molar-refractivity contribution in [2.45, 2.75) is 6.92 Å². The van der Waals surface area contributed by atoms with E-state index in [9.17, 15) is 9.59 Å². The first-order valence-electron chi connectivity index (χ1n) is 7.33. The Balaban J connectivity index is 1.98. The predicted molar refractivity (Wildman–Crippen MR) is 93.3 cm³/mol. The van der Waals surface area contributed by atoms with Gasteiger partial charge in [-0.25, -0.2) is 0 Å². The summed E-state index contributed by atoms with van der Waals surface area (Å²) in [5.74, 6) is -0.236. The van der Waals surface area contributed by atoms with Crippen LogP contribution in [0.1, 0.15) is 21.5 Å². The van der Waals surface area contributed by atoms with E-state index in [4.69, 9.17) is 0 Å². The lowest BCUT2D eigenvalue weighted by Crippen LogP contribution is -2.21. The molecule has 0 aromatic heterocycles. The van der Waals surface area contributed by atoms with Crippen LogP contribution in [-0.2, 0) is 4.79 Å². The number of carbonyl (C=O) groups is 2. The molecule has 0 fully saturated rings. The van der Waals surface area contributed by atoms with Crippen LogP contribution in [0.4, 0.5) is 5.69 Å². The van der Waals surface area contributed by atoms with Gasteiger partial charge in [-0.1, -0.05) is 29.8 Å². The van der Waals surface area contributed by atoms with Gasteiger partial charge in [0.2, 0.25) is 5.91 Å². The van der Waals surface area contributed by atoms with Gasteiger partial charge in [0.1, 0.15) is 0 Å². The Morgan fingerprint density at radius 1 is 0.957 bits per heavy atom. The summed E-state index contributed by atoms with van der Waals surface area (Å²) in [6.45, 7) is 2.00. The fourth-order valence-electron chi connectivity index (χ4n) is 1.99. The maximum Gasteiger partial charge on any atom is 0.253 e. The highest BCUT2D eigenvalue weighted by Crippen LogP contribution is 2.10. The second-order valence-corrected chi connectivity index (χ2v) is 5.51.